The number of carbonyl (C=O) groups is 1. The van der Waals surface area contributed by atoms with Crippen molar-refractivity contribution in [2.24, 2.45) is 5.10 Å². The first-order valence-electron chi connectivity index (χ1n) is 6.33. The smallest absolute Gasteiger partial charge is 0.335 e. The van der Waals surface area contributed by atoms with Crippen LogP contribution in [0, 0.1) is 5.82 Å². The molecule has 2 aromatic carbocycles. The van der Waals surface area contributed by atoms with Crippen LogP contribution in [0.1, 0.15) is 15.9 Å². The van der Waals surface area contributed by atoms with E-state index in [1.54, 1.807) is 18.2 Å². The average molecular weight is 365 g/mol. The van der Waals surface area contributed by atoms with Gasteiger partial charge in [0.2, 0.25) is 0 Å². The topological polar surface area (TPSA) is 70.9 Å². The van der Waals surface area contributed by atoms with Crippen LogP contribution in [-0.4, -0.2) is 23.4 Å². The summed E-state index contributed by atoms with van der Waals surface area (Å²) in [6.07, 6.45) is 0. The Morgan fingerprint density at radius 3 is 2.73 bits per heavy atom. The minimum atomic E-state index is -0.983. The van der Waals surface area contributed by atoms with Crippen molar-refractivity contribution in [2.75, 3.05) is 12.0 Å². The lowest BCUT2D eigenvalue weighted by Gasteiger charge is -2.03. The zero-order valence-corrected chi connectivity index (χ0v) is 12.7. The normalized spacial score (nSPS) is 14.5. The number of ether oxygens (including phenoxy) is 1. The first-order chi connectivity index (χ1) is 10.5. The predicted molar refractivity (Wildman–Crippen MR) is 83.2 cm³/mol. The molecular formula is C15H10BrFN2O3. The van der Waals surface area contributed by atoms with Crippen molar-refractivity contribution in [1.82, 2.24) is 0 Å². The highest BCUT2D eigenvalue weighted by atomic mass is 79.9. The van der Waals surface area contributed by atoms with Gasteiger partial charge >= 0.3 is 5.97 Å². The predicted octanol–water partition coefficient (Wildman–Crippen LogP) is 3.50. The third kappa shape index (κ3) is 2.80. The molecule has 0 atom stereocenters. The van der Waals surface area contributed by atoms with Crippen LogP contribution in [0.4, 0.5) is 10.1 Å². The molecule has 0 fully saturated rings. The van der Waals surface area contributed by atoms with Crippen LogP contribution in [0.5, 0.6) is 5.75 Å². The van der Waals surface area contributed by atoms with Gasteiger partial charge in [-0.1, -0.05) is 0 Å². The van der Waals surface area contributed by atoms with Crippen molar-refractivity contribution >= 4 is 33.3 Å². The van der Waals surface area contributed by atoms with Crippen molar-refractivity contribution in [3.05, 3.63) is 57.8 Å². The lowest BCUT2D eigenvalue weighted by Crippen LogP contribution is -2.06. The summed E-state index contributed by atoms with van der Waals surface area (Å²) < 4.78 is 19.1. The molecule has 1 aliphatic rings. The van der Waals surface area contributed by atoms with Crippen LogP contribution in [0.25, 0.3) is 0 Å². The van der Waals surface area contributed by atoms with Gasteiger partial charge in [0.1, 0.15) is 23.9 Å². The molecule has 0 aliphatic carbocycles. The van der Waals surface area contributed by atoms with Gasteiger partial charge in [-0.05, 0) is 46.3 Å². The number of nitrogens with one attached hydrogen (secondary N) is 1. The Kier molecular flexibility index (Phi) is 3.81. The van der Waals surface area contributed by atoms with Crippen LogP contribution in [-0.2, 0) is 0 Å². The van der Waals surface area contributed by atoms with Gasteiger partial charge in [0.15, 0.2) is 0 Å². The van der Waals surface area contributed by atoms with E-state index in [2.05, 4.69) is 26.5 Å². The largest absolute Gasteiger partial charge is 0.486 e. The fraction of sp³-hybridized carbons (Fsp3) is 0.0667. The van der Waals surface area contributed by atoms with Crippen molar-refractivity contribution in [2.45, 2.75) is 0 Å². The summed E-state index contributed by atoms with van der Waals surface area (Å²) in [7, 11) is 0. The quantitative estimate of drug-likeness (QED) is 0.817. The molecule has 0 unspecified atom stereocenters. The third-order valence-corrected chi connectivity index (χ3v) is 3.76. The highest BCUT2D eigenvalue weighted by Gasteiger charge is 2.21. The lowest BCUT2D eigenvalue weighted by molar-refractivity contribution is 0.0697. The average Bonchev–Trinajstić information content (AvgIpc) is 2.88. The van der Waals surface area contributed by atoms with Crippen LogP contribution in [0.3, 0.4) is 0 Å². The van der Waals surface area contributed by atoms with Gasteiger partial charge in [-0.15, -0.1) is 0 Å². The van der Waals surface area contributed by atoms with Gasteiger partial charge in [-0.25, -0.2) is 9.18 Å². The number of anilines is 1. The van der Waals surface area contributed by atoms with Crippen LogP contribution >= 0.6 is 15.9 Å². The summed E-state index contributed by atoms with van der Waals surface area (Å²) in [6, 6.07) is 9.12. The summed E-state index contributed by atoms with van der Waals surface area (Å²) in [5.41, 5.74) is 5.03. The minimum absolute atomic E-state index is 0.201. The van der Waals surface area contributed by atoms with Gasteiger partial charge in [-0.3, -0.25) is 5.43 Å². The van der Waals surface area contributed by atoms with Crippen molar-refractivity contribution in [3.63, 3.8) is 0 Å². The molecule has 1 aliphatic heterocycles. The third-order valence-electron chi connectivity index (χ3n) is 3.15. The van der Waals surface area contributed by atoms with E-state index in [0.29, 0.717) is 27.2 Å². The first kappa shape index (κ1) is 14.5. The number of fused-ring (bicyclic) bond motifs is 1. The molecule has 0 aromatic heterocycles. The number of carboxylic acid groups (broad SMARTS) is 1. The van der Waals surface area contributed by atoms with Crippen LogP contribution < -0.4 is 10.2 Å². The molecule has 2 aromatic rings. The molecule has 0 saturated carbocycles. The van der Waals surface area contributed by atoms with E-state index in [1.807, 2.05) is 0 Å². The van der Waals surface area contributed by atoms with E-state index < -0.39 is 11.8 Å². The van der Waals surface area contributed by atoms with Gasteiger partial charge in [0.05, 0.1) is 15.7 Å². The number of carboxylic acids is 1. The van der Waals surface area contributed by atoms with Crippen molar-refractivity contribution in [3.8, 4) is 5.75 Å². The molecule has 0 bridgehead atoms. The molecular weight excluding hydrogens is 355 g/mol. The van der Waals surface area contributed by atoms with Crippen molar-refractivity contribution < 1.29 is 19.0 Å². The van der Waals surface area contributed by atoms with E-state index in [-0.39, 0.29) is 12.2 Å². The Hall–Kier alpha value is -2.41. The molecule has 0 spiro atoms. The number of halogens is 2. The van der Waals surface area contributed by atoms with E-state index >= 15 is 0 Å². The molecule has 0 saturated heterocycles. The molecule has 5 nitrogen and oxygen atoms in total. The molecule has 7 heteroatoms. The second-order valence-corrected chi connectivity index (χ2v) is 5.46. The molecule has 1 heterocycles. The second kappa shape index (κ2) is 5.76. The molecule has 0 amide bonds. The number of aromatic carboxylic acids is 1. The Morgan fingerprint density at radius 1 is 1.32 bits per heavy atom. The molecule has 2 N–H and O–H groups in total. The van der Waals surface area contributed by atoms with Crippen molar-refractivity contribution in [1.29, 1.82) is 0 Å². The van der Waals surface area contributed by atoms with Gasteiger partial charge in [-0.2, -0.15) is 5.10 Å². The van der Waals surface area contributed by atoms with E-state index in [0.717, 1.165) is 0 Å². The lowest BCUT2D eigenvalue weighted by atomic mass is 10.1. The maximum atomic E-state index is 13.4. The molecule has 22 heavy (non-hydrogen) atoms. The number of hydrogen-bond donors (Lipinski definition) is 2. The number of rotatable bonds is 3. The standard InChI is InChI=1S/C15H10BrFN2O3/c16-11-5-10-13(7-22-14(10)6-12(11)17)19-18-9-3-1-8(2-4-9)15(20)21/h1-6,18H,7H2,(H,20,21)/b19-13-. The Bertz CT molecular complexity index is 775. The number of hydrogen-bond acceptors (Lipinski definition) is 4. The maximum absolute atomic E-state index is 13.4. The fourth-order valence-corrected chi connectivity index (χ4v) is 2.35. The van der Waals surface area contributed by atoms with Gasteiger partial charge in [0, 0.05) is 11.6 Å². The van der Waals surface area contributed by atoms with E-state index in [1.165, 1.54) is 18.2 Å². The summed E-state index contributed by atoms with van der Waals surface area (Å²) in [5, 5.41) is 13.1. The zero-order valence-electron chi connectivity index (χ0n) is 11.1. The summed E-state index contributed by atoms with van der Waals surface area (Å²) in [5.74, 6) is -0.928. The maximum Gasteiger partial charge on any atom is 0.335 e. The van der Waals surface area contributed by atoms with Crippen LogP contribution in [0.15, 0.2) is 46.0 Å². The van der Waals surface area contributed by atoms with E-state index in [9.17, 15) is 9.18 Å². The van der Waals surface area contributed by atoms with Gasteiger partial charge in [0.25, 0.3) is 0 Å². The van der Waals surface area contributed by atoms with Gasteiger partial charge < -0.3 is 9.84 Å². The first-order valence-corrected chi connectivity index (χ1v) is 7.12. The highest BCUT2D eigenvalue weighted by Crippen LogP contribution is 2.31. The fourth-order valence-electron chi connectivity index (χ4n) is 2.01. The number of hydrazone groups is 1. The monoisotopic (exact) mass is 364 g/mol. The Morgan fingerprint density at radius 2 is 2.05 bits per heavy atom. The zero-order chi connectivity index (χ0) is 15.7. The Labute approximate surface area is 133 Å². The van der Waals surface area contributed by atoms with Crippen LogP contribution in [0.2, 0.25) is 0 Å². The summed E-state index contributed by atoms with van der Waals surface area (Å²) in [6.45, 7) is 0.242. The second-order valence-electron chi connectivity index (χ2n) is 4.60. The highest BCUT2D eigenvalue weighted by molar-refractivity contribution is 9.10. The molecule has 3 rings (SSSR count). The minimum Gasteiger partial charge on any atom is -0.486 e. The molecule has 112 valence electrons. The number of nitrogens with zero attached hydrogens (tertiary/aromatic N) is 1. The summed E-state index contributed by atoms with van der Waals surface area (Å²) >= 11 is 3.13. The van der Waals surface area contributed by atoms with E-state index in [4.69, 9.17) is 9.84 Å². The molecule has 0 radical (unpaired) electrons. The number of benzene rings is 2. The SMILES string of the molecule is O=C(O)c1ccc(N/N=C2/COc3cc(F)c(Br)cc32)cc1. The Balaban J connectivity index is 1.81. The summed E-state index contributed by atoms with van der Waals surface area (Å²) in [4.78, 5) is 10.8.